The van der Waals surface area contributed by atoms with Gasteiger partial charge in [0.05, 0.1) is 20.6 Å². The van der Waals surface area contributed by atoms with Crippen LogP contribution >= 0.6 is 0 Å². The second-order valence-electron chi connectivity index (χ2n) is 3.34. The smallest absolute Gasteiger partial charge is 0.277 e. The molecule has 0 saturated heterocycles. The van der Waals surface area contributed by atoms with Crippen molar-refractivity contribution in [3.8, 4) is 5.75 Å². The third-order valence-electron chi connectivity index (χ3n) is 2.48. The Bertz CT molecular complexity index is 653. The molecule has 0 saturated carbocycles. The number of rotatable bonds is 1. The van der Waals surface area contributed by atoms with Gasteiger partial charge in [-0.2, -0.15) is 0 Å². The molecule has 0 N–H and O–H groups in total. The fraction of sp³-hybridized carbons (Fsp3) is 0. The maximum atomic E-state index is 11.5. The summed E-state index contributed by atoms with van der Waals surface area (Å²) >= 11 is -1.55. The lowest BCUT2D eigenvalue weighted by Crippen LogP contribution is -1.91. The van der Waals surface area contributed by atoms with Crippen LogP contribution in [0.5, 0.6) is 5.75 Å². The Labute approximate surface area is 92.5 Å². The molecule has 1 atom stereocenters. The zero-order valence-corrected chi connectivity index (χ0v) is 8.69. The number of hydrogen-bond acceptors (Lipinski definition) is 4. The first-order chi connectivity index (χ1) is 7.68. The van der Waals surface area contributed by atoms with Gasteiger partial charge in [0.1, 0.15) is 5.75 Å². The molecule has 1 aliphatic rings. The SMILES string of the molecule is O=[N+]([O-])c1ccc2c3c(cccc13)S(=O)O2. The first kappa shape index (κ1) is 9.29. The molecular weight excluding hydrogens is 230 g/mol. The zero-order chi connectivity index (χ0) is 11.3. The highest BCUT2D eigenvalue weighted by molar-refractivity contribution is 7.81. The largest absolute Gasteiger partial charge is 0.396 e. The zero-order valence-electron chi connectivity index (χ0n) is 7.88. The first-order valence-electron chi connectivity index (χ1n) is 4.49. The van der Waals surface area contributed by atoms with Crippen LogP contribution in [0.2, 0.25) is 0 Å². The molecule has 1 heterocycles. The lowest BCUT2D eigenvalue weighted by atomic mass is 10.1. The highest BCUT2D eigenvalue weighted by Crippen LogP contribution is 2.41. The molecule has 1 aliphatic heterocycles. The maximum Gasteiger partial charge on any atom is 0.277 e. The van der Waals surface area contributed by atoms with E-state index >= 15 is 0 Å². The van der Waals surface area contributed by atoms with E-state index in [9.17, 15) is 14.3 Å². The van der Waals surface area contributed by atoms with E-state index in [2.05, 4.69) is 0 Å². The molecule has 0 amide bonds. The van der Waals surface area contributed by atoms with E-state index in [1.54, 1.807) is 18.2 Å². The van der Waals surface area contributed by atoms with Crippen molar-refractivity contribution in [2.45, 2.75) is 4.90 Å². The average molecular weight is 235 g/mol. The topological polar surface area (TPSA) is 69.4 Å². The van der Waals surface area contributed by atoms with Crippen LogP contribution in [0.4, 0.5) is 5.69 Å². The lowest BCUT2D eigenvalue weighted by Gasteiger charge is -1.98. The molecule has 2 aromatic carbocycles. The van der Waals surface area contributed by atoms with Crippen molar-refractivity contribution in [2.24, 2.45) is 0 Å². The second-order valence-corrected chi connectivity index (χ2v) is 4.41. The van der Waals surface area contributed by atoms with Crippen LogP contribution in [0.1, 0.15) is 0 Å². The third kappa shape index (κ3) is 1.07. The van der Waals surface area contributed by atoms with E-state index in [4.69, 9.17) is 4.18 Å². The van der Waals surface area contributed by atoms with Gasteiger partial charge < -0.3 is 4.18 Å². The third-order valence-corrected chi connectivity index (χ3v) is 3.51. The summed E-state index contributed by atoms with van der Waals surface area (Å²) in [5, 5.41) is 11.9. The van der Waals surface area contributed by atoms with Crippen molar-refractivity contribution in [1.29, 1.82) is 0 Å². The van der Waals surface area contributed by atoms with Gasteiger partial charge in [0.25, 0.3) is 5.69 Å². The first-order valence-corrected chi connectivity index (χ1v) is 5.56. The minimum Gasteiger partial charge on any atom is -0.396 e. The van der Waals surface area contributed by atoms with Gasteiger partial charge >= 0.3 is 0 Å². The number of nitro benzene ring substituents is 1. The molecule has 0 fully saturated rings. The van der Waals surface area contributed by atoms with Gasteiger partial charge in [0.15, 0.2) is 0 Å². The van der Waals surface area contributed by atoms with Crippen LogP contribution in [0, 0.1) is 10.1 Å². The van der Waals surface area contributed by atoms with E-state index in [1.165, 1.54) is 12.1 Å². The van der Waals surface area contributed by atoms with Crippen LogP contribution in [0.15, 0.2) is 35.2 Å². The summed E-state index contributed by atoms with van der Waals surface area (Å²) in [6.07, 6.45) is 0. The molecule has 1 unspecified atom stereocenters. The van der Waals surface area contributed by atoms with Crippen molar-refractivity contribution in [2.75, 3.05) is 0 Å². The van der Waals surface area contributed by atoms with Gasteiger partial charge in [-0.1, -0.05) is 6.07 Å². The van der Waals surface area contributed by atoms with Crippen LogP contribution in [-0.4, -0.2) is 9.13 Å². The summed E-state index contributed by atoms with van der Waals surface area (Å²) < 4.78 is 16.7. The van der Waals surface area contributed by atoms with Crippen molar-refractivity contribution < 1.29 is 13.3 Å². The van der Waals surface area contributed by atoms with Crippen LogP contribution in [-0.2, 0) is 11.1 Å². The highest BCUT2D eigenvalue weighted by Gasteiger charge is 2.26. The fourth-order valence-electron chi connectivity index (χ4n) is 1.82. The Morgan fingerprint density at radius 2 is 2.06 bits per heavy atom. The highest BCUT2D eigenvalue weighted by atomic mass is 32.2. The summed E-state index contributed by atoms with van der Waals surface area (Å²) in [7, 11) is 0. The van der Waals surface area contributed by atoms with Gasteiger partial charge in [-0.15, -0.1) is 0 Å². The molecule has 0 aromatic heterocycles. The van der Waals surface area contributed by atoms with Crippen LogP contribution in [0.25, 0.3) is 10.8 Å². The Morgan fingerprint density at radius 1 is 1.25 bits per heavy atom. The second kappa shape index (κ2) is 3.02. The summed E-state index contributed by atoms with van der Waals surface area (Å²) in [6, 6.07) is 7.77. The normalized spacial score (nSPS) is 17.4. The van der Waals surface area contributed by atoms with Crippen molar-refractivity contribution in [3.05, 3.63) is 40.4 Å². The van der Waals surface area contributed by atoms with Gasteiger partial charge in [-0.3, -0.25) is 10.1 Å². The fourth-order valence-corrected chi connectivity index (χ4v) is 2.78. The summed E-state index contributed by atoms with van der Waals surface area (Å²) in [4.78, 5) is 10.9. The van der Waals surface area contributed by atoms with Crippen LogP contribution in [0.3, 0.4) is 0 Å². The van der Waals surface area contributed by atoms with E-state index in [1.807, 2.05) is 0 Å². The quantitative estimate of drug-likeness (QED) is 0.561. The predicted molar refractivity (Wildman–Crippen MR) is 57.6 cm³/mol. The lowest BCUT2D eigenvalue weighted by molar-refractivity contribution is -0.383. The Balaban J connectivity index is 2.50. The van der Waals surface area contributed by atoms with Gasteiger partial charge in [-0.05, 0) is 18.2 Å². The average Bonchev–Trinajstić information content (AvgIpc) is 2.58. The molecule has 0 spiro atoms. The molecule has 6 heteroatoms. The number of nitro groups is 1. The monoisotopic (exact) mass is 235 g/mol. The Hall–Kier alpha value is -1.95. The van der Waals surface area contributed by atoms with Crippen LogP contribution < -0.4 is 4.18 Å². The molecule has 5 nitrogen and oxygen atoms in total. The molecular formula is C10H5NO4S. The van der Waals surface area contributed by atoms with Gasteiger partial charge in [-0.25, -0.2) is 4.21 Å². The molecule has 0 radical (unpaired) electrons. The maximum absolute atomic E-state index is 11.5. The number of benzene rings is 2. The van der Waals surface area contributed by atoms with Crippen molar-refractivity contribution in [3.63, 3.8) is 0 Å². The van der Waals surface area contributed by atoms with Gasteiger partial charge in [0, 0.05) is 6.07 Å². The number of hydrogen-bond donors (Lipinski definition) is 0. The van der Waals surface area contributed by atoms with E-state index in [-0.39, 0.29) is 5.69 Å². The minimum absolute atomic E-state index is 0.00287. The van der Waals surface area contributed by atoms with Crippen molar-refractivity contribution >= 4 is 27.5 Å². The number of nitrogens with zero attached hydrogens (tertiary/aromatic N) is 1. The standard InChI is InChI=1S/C10H5NO4S/c12-11(13)7-4-5-8-10-6(7)2-1-3-9(10)16(14)15-8/h1-5H. The summed E-state index contributed by atoms with van der Waals surface area (Å²) in [6.45, 7) is 0. The van der Waals surface area contributed by atoms with E-state index < -0.39 is 16.0 Å². The molecule has 2 aromatic rings. The molecule has 3 rings (SSSR count). The van der Waals surface area contributed by atoms with E-state index in [0.717, 1.165) is 0 Å². The molecule has 0 bridgehead atoms. The summed E-state index contributed by atoms with van der Waals surface area (Å²) in [5.74, 6) is 0.439. The Morgan fingerprint density at radius 3 is 2.81 bits per heavy atom. The summed E-state index contributed by atoms with van der Waals surface area (Å²) in [5.41, 5.74) is 0.00287. The minimum atomic E-state index is -1.55. The molecule has 80 valence electrons. The predicted octanol–water partition coefficient (Wildman–Crippen LogP) is 2.16. The van der Waals surface area contributed by atoms with Crippen molar-refractivity contribution in [1.82, 2.24) is 0 Å². The van der Waals surface area contributed by atoms with E-state index in [0.29, 0.717) is 21.4 Å². The number of non-ortho nitro benzene ring substituents is 1. The Kier molecular flexibility index (Phi) is 1.75. The molecule has 16 heavy (non-hydrogen) atoms. The molecule has 0 aliphatic carbocycles. The van der Waals surface area contributed by atoms with Gasteiger partial charge in [0.2, 0.25) is 11.1 Å².